The zero-order chi connectivity index (χ0) is 15.8. The summed E-state index contributed by atoms with van der Waals surface area (Å²) in [6, 6.07) is 1.97. The molecule has 118 valence electrons. The highest BCUT2D eigenvalue weighted by Gasteiger charge is 2.35. The van der Waals surface area contributed by atoms with Crippen molar-refractivity contribution in [1.82, 2.24) is 4.31 Å². The van der Waals surface area contributed by atoms with Crippen molar-refractivity contribution in [2.24, 2.45) is 5.73 Å². The van der Waals surface area contributed by atoms with Crippen molar-refractivity contribution in [1.29, 1.82) is 0 Å². The Morgan fingerprint density at radius 2 is 2.19 bits per heavy atom. The zero-order valence-corrected chi connectivity index (χ0v) is 13.4. The second-order valence-corrected chi connectivity index (χ2v) is 7.41. The minimum Gasteiger partial charge on any atom is -0.377 e. The third kappa shape index (κ3) is 3.07. The van der Waals surface area contributed by atoms with Crippen molar-refractivity contribution in [3.8, 4) is 0 Å². The van der Waals surface area contributed by atoms with E-state index in [0.717, 1.165) is 6.07 Å². The minimum absolute atomic E-state index is 0.0359. The van der Waals surface area contributed by atoms with Crippen LogP contribution in [0, 0.1) is 5.82 Å². The van der Waals surface area contributed by atoms with Gasteiger partial charge in [0, 0.05) is 20.2 Å². The molecule has 2 rings (SSSR count). The zero-order valence-electron chi connectivity index (χ0n) is 11.8. The van der Waals surface area contributed by atoms with Crippen molar-refractivity contribution in [2.45, 2.75) is 36.9 Å². The van der Waals surface area contributed by atoms with Crippen LogP contribution in [-0.2, 0) is 21.3 Å². The van der Waals surface area contributed by atoms with E-state index in [0.29, 0.717) is 13.0 Å². The van der Waals surface area contributed by atoms with E-state index in [4.69, 9.17) is 22.1 Å². The van der Waals surface area contributed by atoms with Gasteiger partial charge in [-0.05, 0) is 31.0 Å². The average Bonchev–Trinajstić information content (AvgIpc) is 2.86. The van der Waals surface area contributed by atoms with Crippen molar-refractivity contribution in [3.63, 3.8) is 0 Å². The monoisotopic (exact) mass is 336 g/mol. The van der Waals surface area contributed by atoms with Gasteiger partial charge in [-0.3, -0.25) is 0 Å². The van der Waals surface area contributed by atoms with E-state index >= 15 is 0 Å². The number of ether oxygens (including phenoxy) is 1. The molecule has 0 amide bonds. The van der Waals surface area contributed by atoms with Crippen LogP contribution >= 0.6 is 11.6 Å². The fourth-order valence-electron chi connectivity index (χ4n) is 2.46. The van der Waals surface area contributed by atoms with E-state index in [1.165, 1.54) is 17.4 Å². The second kappa shape index (κ2) is 6.18. The summed E-state index contributed by atoms with van der Waals surface area (Å²) in [6.45, 7) is 2.29. The molecular formula is C13H18ClFN2O3S. The van der Waals surface area contributed by atoms with Crippen LogP contribution in [0.1, 0.15) is 18.9 Å². The molecule has 0 radical (unpaired) electrons. The van der Waals surface area contributed by atoms with E-state index in [1.807, 2.05) is 6.92 Å². The third-order valence-corrected chi connectivity index (χ3v) is 6.06. The number of nitrogens with zero attached hydrogens (tertiary/aromatic N) is 1. The number of rotatable bonds is 4. The second-order valence-electron chi connectivity index (χ2n) is 5.04. The number of halogens is 2. The van der Waals surface area contributed by atoms with Gasteiger partial charge in [-0.2, -0.15) is 4.31 Å². The summed E-state index contributed by atoms with van der Waals surface area (Å²) in [5.41, 5.74) is 5.74. The largest absolute Gasteiger partial charge is 0.377 e. The van der Waals surface area contributed by atoms with Crippen LogP contribution in [0.15, 0.2) is 17.0 Å². The number of hydrogen-bond acceptors (Lipinski definition) is 4. The van der Waals surface area contributed by atoms with Crippen LogP contribution in [0.5, 0.6) is 0 Å². The Bertz CT molecular complexity index is 639. The molecule has 2 atom stereocenters. The van der Waals surface area contributed by atoms with Gasteiger partial charge in [-0.15, -0.1) is 0 Å². The molecule has 1 aliphatic heterocycles. The van der Waals surface area contributed by atoms with E-state index in [2.05, 4.69) is 0 Å². The molecule has 2 unspecified atom stereocenters. The smallest absolute Gasteiger partial charge is 0.243 e. The highest BCUT2D eigenvalue weighted by molar-refractivity contribution is 7.89. The van der Waals surface area contributed by atoms with Gasteiger partial charge in [0.05, 0.1) is 22.1 Å². The molecule has 0 spiro atoms. The molecule has 0 bridgehead atoms. The number of sulfonamides is 1. The Morgan fingerprint density at radius 3 is 2.71 bits per heavy atom. The lowest BCUT2D eigenvalue weighted by atomic mass is 10.2. The Morgan fingerprint density at radius 1 is 1.52 bits per heavy atom. The molecule has 0 saturated carbocycles. The highest BCUT2D eigenvalue weighted by Crippen LogP contribution is 2.28. The number of hydrogen-bond donors (Lipinski definition) is 1. The Labute approximate surface area is 128 Å². The van der Waals surface area contributed by atoms with Crippen LogP contribution in [0.3, 0.4) is 0 Å². The first-order valence-electron chi connectivity index (χ1n) is 6.56. The first kappa shape index (κ1) is 16.6. The van der Waals surface area contributed by atoms with Crippen LogP contribution in [0.2, 0.25) is 5.02 Å². The van der Waals surface area contributed by atoms with Gasteiger partial charge in [-0.1, -0.05) is 11.6 Å². The average molecular weight is 337 g/mol. The Balaban J connectivity index is 2.42. The predicted octanol–water partition coefficient (Wildman–Crippen LogP) is 1.74. The summed E-state index contributed by atoms with van der Waals surface area (Å²) in [5.74, 6) is -0.790. The topological polar surface area (TPSA) is 72.6 Å². The van der Waals surface area contributed by atoms with Crippen LogP contribution in [0.25, 0.3) is 0 Å². The SMILES string of the molecule is CC1OCCC1N(C)S(=O)(=O)c1cc(F)c(Cl)c(CN)c1. The van der Waals surface area contributed by atoms with Crippen LogP contribution < -0.4 is 5.73 Å². The summed E-state index contributed by atoms with van der Waals surface area (Å²) in [6.07, 6.45) is 0.410. The summed E-state index contributed by atoms with van der Waals surface area (Å²) in [7, 11) is -2.36. The van der Waals surface area contributed by atoms with Gasteiger partial charge < -0.3 is 10.5 Å². The maximum atomic E-state index is 13.8. The van der Waals surface area contributed by atoms with Crippen LogP contribution in [0.4, 0.5) is 4.39 Å². The van der Waals surface area contributed by atoms with E-state index < -0.39 is 15.8 Å². The summed E-state index contributed by atoms with van der Waals surface area (Å²) >= 11 is 5.76. The number of likely N-dealkylation sites (N-methyl/N-ethyl adjacent to an activating group) is 1. The Kier molecular flexibility index (Phi) is 4.89. The normalized spacial score (nSPS) is 23.0. The first-order valence-corrected chi connectivity index (χ1v) is 8.38. The molecule has 1 heterocycles. The predicted molar refractivity (Wildman–Crippen MR) is 78.1 cm³/mol. The summed E-state index contributed by atoms with van der Waals surface area (Å²) in [4.78, 5) is -0.147. The molecule has 8 heteroatoms. The van der Waals surface area contributed by atoms with Crippen LogP contribution in [-0.4, -0.2) is 38.5 Å². The maximum Gasteiger partial charge on any atom is 0.243 e. The lowest BCUT2D eigenvalue weighted by Crippen LogP contribution is -2.41. The highest BCUT2D eigenvalue weighted by atomic mass is 35.5. The molecular weight excluding hydrogens is 319 g/mol. The number of nitrogens with two attached hydrogens (primary N) is 1. The van der Waals surface area contributed by atoms with Gasteiger partial charge in [0.15, 0.2) is 0 Å². The molecule has 5 nitrogen and oxygen atoms in total. The standard InChI is InChI=1S/C13H18ClFN2O3S/c1-8-12(3-4-20-8)17(2)21(18,19)10-5-9(7-16)13(14)11(15)6-10/h5-6,8,12H,3-4,7,16H2,1-2H3. The Hall–Kier alpha value is -0.730. The maximum absolute atomic E-state index is 13.8. The molecule has 21 heavy (non-hydrogen) atoms. The molecule has 2 N–H and O–H groups in total. The fourth-order valence-corrected chi connectivity index (χ4v) is 4.15. The lowest BCUT2D eigenvalue weighted by Gasteiger charge is -2.26. The van der Waals surface area contributed by atoms with E-state index in [9.17, 15) is 12.8 Å². The van der Waals surface area contributed by atoms with Crippen molar-refractivity contribution in [2.75, 3.05) is 13.7 Å². The first-order chi connectivity index (χ1) is 9.78. The third-order valence-electron chi connectivity index (χ3n) is 3.78. The number of benzene rings is 1. The molecule has 1 saturated heterocycles. The quantitative estimate of drug-likeness (QED) is 0.909. The van der Waals surface area contributed by atoms with E-state index in [-0.39, 0.29) is 34.2 Å². The summed E-state index contributed by atoms with van der Waals surface area (Å²) < 4.78 is 45.6. The van der Waals surface area contributed by atoms with Gasteiger partial charge in [0.2, 0.25) is 10.0 Å². The molecule has 0 aromatic heterocycles. The summed E-state index contributed by atoms with van der Waals surface area (Å²) in [5, 5.41) is -0.142. The minimum atomic E-state index is -3.83. The van der Waals surface area contributed by atoms with Gasteiger partial charge >= 0.3 is 0 Å². The van der Waals surface area contributed by atoms with Gasteiger partial charge in [0.25, 0.3) is 0 Å². The van der Waals surface area contributed by atoms with E-state index in [1.54, 1.807) is 0 Å². The molecule has 1 aliphatic rings. The molecule has 1 aromatic rings. The van der Waals surface area contributed by atoms with Crippen molar-refractivity contribution >= 4 is 21.6 Å². The molecule has 0 aliphatic carbocycles. The lowest BCUT2D eigenvalue weighted by molar-refractivity contribution is 0.102. The fraction of sp³-hybridized carbons (Fsp3) is 0.538. The van der Waals surface area contributed by atoms with Crippen molar-refractivity contribution in [3.05, 3.63) is 28.5 Å². The molecule has 1 fully saturated rings. The van der Waals surface area contributed by atoms with Gasteiger partial charge in [0.1, 0.15) is 5.82 Å². The van der Waals surface area contributed by atoms with Gasteiger partial charge in [-0.25, -0.2) is 12.8 Å². The molecule has 1 aromatic carbocycles. The van der Waals surface area contributed by atoms with Crippen molar-refractivity contribution < 1.29 is 17.5 Å².